The van der Waals surface area contributed by atoms with Crippen molar-refractivity contribution in [1.82, 2.24) is 5.06 Å². The van der Waals surface area contributed by atoms with Gasteiger partial charge in [-0.15, -0.1) is 0 Å². The summed E-state index contributed by atoms with van der Waals surface area (Å²) in [4.78, 5) is 18.0. The molecule has 3 aliphatic rings. The third-order valence-electron chi connectivity index (χ3n) is 5.02. The van der Waals surface area contributed by atoms with Crippen LogP contribution in [0.2, 0.25) is 0 Å². The van der Waals surface area contributed by atoms with Gasteiger partial charge in [-0.1, -0.05) is 13.8 Å². The topological polar surface area (TPSA) is 64.8 Å². The van der Waals surface area contributed by atoms with Crippen molar-refractivity contribution in [3.63, 3.8) is 0 Å². The lowest BCUT2D eigenvalue weighted by atomic mass is 9.46. The van der Waals surface area contributed by atoms with E-state index < -0.39 is 5.54 Å². The molecule has 1 amide bonds. The smallest absolute Gasteiger partial charge is 0.267 e. The Kier molecular flexibility index (Phi) is 2.70. The Balaban J connectivity index is 1.86. The number of nitrogens with zero attached hydrogens (tertiary/aromatic N) is 1. The van der Waals surface area contributed by atoms with E-state index >= 15 is 0 Å². The summed E-state index contributed by atoms with van der Waals surface area (Å²) in [5.74, 6) is 0.0784. The summed E-state index contributed by atoms with van der Waals surface area (Å²) in [5, 5.41) is 1.46. The van der Waals surface area contributed by atoms with E-state index in [1.165, 1.54) is 5.06 Å². The number of rotatable bonds is 1. The van der Waals surface area contributed by atoms with E-state index in [-0.39, 0.29) is 23.3 Å². The van der Waals surface area contributed by atoms with Gasteiger partial charge in [-0.25, -0.2) is 5.06 Å². The van der Waals surface area contributed by atoms with Crippen molar-refractivity contribution in [3.05, 3.63) is 0 Å². The van der Waals surface area contributed by atoms with Crippen molar-refractivity contribution in [3.8, 4) is 0 Å². The summed E-state index contributed by atoms with van der Waals surface area (Å²) >= 11 is 0. The van der Waals surface area contributed by atoms with E-state index in [0.717, 1.165) is 25.9 Å². The normalized spacial score (nSPS) is 42.3. The van der Waals surface area contributed by atoms with Gasteiger partial charge in [0.25, 0.3) is 5.91 Å². The molecule has 5 heteroatoms. The molecule has 0 bridgehead atoms. The molecule has 2 N–H and O–H groups in total. The van der Waals surface area contributed by atoms with Crippen LogP contribution in [0.1, 0.15) is 33.1 Å². The maximum Gasteiger partial charge on any atom is 0.267 e. The lowest BCUT2D eigenvalue weighted by Crippen LogP contribution is -2.82. The Morgan fingerprint density at radius 1 is 1.33 bits per heavy atom. The van der Waals surface area contributed by atoms with Crippen LogP contribution < -0.4 is 5.73 Å². The summed E-state index contributed by atoms with van der Waals surface area (Å²) in [5.41, 5.74) is 5.36. The molecule has 2 aliphatic heterocycles. The van der Waals surface area contributed by atoms with Crippen LogP contribution in [0.3, 0.4) is 0 Å². The summed E-state index contributed by atoms with van der Waals surface area (Å²) in [6.45, 7) is 6.13. The molecule has 3 atom stereocenters. The predicted octanol–water partition coefficient (Wildman–Crippen LogP) is 0.683. The van der Waals surface area contributed by atoms with Gasteiger partial charge in [-0.2, -0.15) is 0 Å². The second-order valence-corrected chi connectivity index (χ2v) is 6.22. The molecule has 0 spiro atoms. The van der Waals surface area contributed by atoms with Gasteiger partial charge in [0, 0.05) is 17.9 Å². The first-order valence-electron chi connectivity index (χ1n) is 6.85. The first kappa shape index (κ1) is 12.4. The highest BCUT2D eigenvalue weighted by molar-refractivity contribution is 5.89. The zero-order chi connectivity index (χ0) is 13.0. The fourth-order valence-corrected chi connectivity index (χ4v) is 3.82. The van der Waals surface area contributed by atoms with E-state index in [9.17, 15) is 4.79 Å². The highest BCUT2D eigenvalue weighted by Crippen LogP contribution is 2.58. The quantitative estimate of drug-likeness (QED) is 0.747. The minimum atomic E-state index is -0.831. The van der Waals surface area contributed by atoms with Gasteiger partial charge in [-0.05, 0) is 19.3 Å². The van der Waals surface area contributed by atoms with E-state index in [4.69, 9.17) is 15.3 Å². The second-order valence-electron chi connectivity index (χ2n) is 6.22. The number of hydroxylamine groups is 2. The maximum atomic E-state index is 12.6. The number of ether oxygens (including phenoxy) is 1. The third-order valence-corrected chi connectivity index (χ3v) is 5.02. The average molecular weight is 254 g/mol. The standard InChI is InChI=1S/C13H22N2O3/c1-12(2)10-9(5-3-7-17-10)13(12,14)11(16)15-6-4-8-18-15/h9-10H,3-8,14H2,1-2H3. The molecule has 0 radical (unpaired) electrons. The molecule has 1 aliphatic carbocycles. The summed E-state index contributed by atoms with van der Waals surface area (Å²) in [6, 6.07) is 0. The maximum absolute atomic E-state index is 12.6. The SMILES string of the molecule is CC1(C)C2OCCCC2C1(N)C(=O)N1CCCO1. The Morgan fingerprint density at radius 2 is 2.11 bits per heavy atom. The molecule has 3 fully saturated rings. The number of carbonyl (C=O) groups is 1. The lowest BCUT2D eigenvalue weighted by molar-refractivity contribution is -0.244. The summed E-state index contributed by atoms with van der Waals surface area (Å²) < 4.78 is 5.81. The van der Waals surface area contributed by atoms with Crippen molar-refractivity contribution in [1.29, 1.82) is 0 Å². The van der Waals surface area contributed by atoms with Gasteiger partial charge in [0.15, 0.2) is 0 Å². The first-order chi connectivity index (χ1) is 8.49. The zero-order valence-electron chi connectivity index (χ0n) is 11.1. The Morgan fingerprint density at radius 3 is 2.78 bits per heavy atom. The first-order valence-corrected chi connectivity index (χ1v) is 6.85. The van der Waals surface area contributed by atoms with Crippen LogP contribution in [-0.2, 0) is 14.4 Å². The highest BCUT2D eigenvalue weighted by atomic mass is 16.7. The molecule has 3 unspecified atom stereocenters. The highest BCUT2D eigenvalue weighted by Gasteiger charge is 2.71. The van der Waals surface area contributed by atoms with E-state index in [1.54, 1.807) is 0 Å². The molecule has 102 valence electrons. The van der Waals surface area contributed by atoms with Crippen LogP contribution in [0.4, 0.5) is 0 Å². The molecule has 5 nitrogen and oxygen atoms in total. The Bertz CT molecular complexity index is 365. The number of hydrogen-bond acceptors (Lipinski definition) is 4. The van der Waals surface area contributed by atoms with Crippen molar-refractivity contribution < 1.29 is 14.4 Å². The molecule has 0 aromatic heterocycles. The van der Waals surface area contributed by atoms with E-state index in [2.05, 4.69) is 0 Å². The monoisotopic (exact) mass is 254 g/mol. The summed E-state index contributed by atoms with van der Waals surface area (Å²) in [6.07, 6.45) is 2.98. The van der Waals surface area contributed by atoms with Gasteiger partial charge in [0.2, 0.25) is 0 Å². The number of nitrogens with two attached hydrogens (primary N) is 1. The van der Waals surface area contributed by atoms with Crippen LogP contribution >= 0.6 is 0 Å². The van der Waals surface area contributed by atoms with Crippen LogP contribution in [0.15, 0.2) is 0 Å². The molecule has 3 rings (SSSR count). The average Bonchev–Trinajstić information content (AvgIpc) is 2.90. The molecule has 18 heavy (non-hydrogen) atoms. The molecule has 2 heterocycles. The number of fused-ring (bicyclic) bond motifs is 1. The fourth-order valence-electron chi connectivity index (χ4n) is 3.82. The van der Waals surface area contributed by atoms with Crippen LogP contribution in [0.5, 0.6) is 0 Å². The van der Waals surface area contributed by atoms with Crippen LogP contribution in [0.25, 0.3) is 0 Å². The Labute approximate surface area is 108 Å². The fraction of sp³-hybridized carbons (Fsp3) is 0.923. The molecule has 0 aromatic rings. The van der Waals surface area contributed by atoms with Gasteiger partial charge < -0.3 is 10.5 Å². The Hall–Kier alpha value is -0.650. The van der Waals surface area contributed by atoms with Gasteiger partial charge >= 0.3 is 0 Å². The number of amides is 1. The lowest BCUT2D eigenvalue weighted by Gasteiger charge is -2.65. The van der Waals surface area contributed by atoms with E-state index in [1.807, 2.05) is 13.8 Å². The second kappa shape index (κ2) is 3.92. The largest absolute Gasteiger partial charge is 0.377 e. The summed E-state index contributed by atoms with van der Waals surface area (Å²) in [7, 11) is 0. The van der Waals surface area contributed by atoms with Crippen molar-refractivity contribution in [2.75, 3.05) is 19.8 Å². The number of hydrogen-bond donors (Lipinski definition) is 1. The minimum Gasteiger partial charge on any atom is -0.377 e. The van der Waals surface area contributed by atoms with Gasteiger partial charge in [0.05, 0.1) is 19.3 Å². The van der Waals surface area contributed by atoms with Crippen molar-refractivity contribution in [2.24, 2.45) is 17.1 Å². The van der Waals surface area contributed by atoms with Crippen LogP contribution in [-0.4, -0.2) is 42.4 Å². The minimum absolute atomic E-state index is 0.0586. The van der Waals surface area contributed by atoms with E-state index in [0.29, 0.717) is 13.2 Å². The number of carbonyl (C=O) groups excluding carboxylic acids is 1. The molecule has 1 saturated carbocycles. The zero-order valence-corrected chi connectivity index (χ0v) is 11.1. The van der Waals surface area contributed by atoms with Gasteiger partial charge in [0.1, 0.15) is 5.54 Å². The van der Waals surface area contributed by atoms with Crippen LogP contribution in [0, 0.1) is 11.3 Å². The molecule has 0 aromatic carbocycles. The third kappa shape index (κ3) is 1.35. The van der Waals surface area contributed by atoms with Crippen molar-refractivity contribution >= 4 is 5.91 Å². The predicted molar refractivity (Wildman–Crippen MR) is 65.4 cm³/mol. The van der Waals surface area contributed by atoms with Crippen molar-refractivity contribution in [2.45, 2.75) is 44.8 Å². The molecular weight excluding hydrogens is 232 g/mol. The van der Waals surface area contributed by atoms with Gasteiger partial charge in [-0.3, -0.25) is 9.63 Å². The molecule has 2 saturated heterocycles. The molecular formula is C13H22N2O3.